The maximum Gasteiger partial charge on any atom is 0.307 e. The zero-order chi connectivity index (χ0) is 16.3. The number of amides is 1. The highest BCUT2D eigenvalue weighted by Gasteiger charge is 2.32. The van der Waals surface area contributed by atoms with Crippen molar-refractivity contribution in [2.24, 2.45) is 0 Å². The highest BCUT2D eigenvalue weighted by Crippen LogP contribution is 2.25. The van der Waals surface area contributed by atoms with Crippen LogP contribution < -0.4 is 4.31 Å². The predicted molar refractivity (Wildman–Crippen MR) is 85.6 cm³/mol. The van der Waals surface area contributed by atoms with Crippen molar-refractivity contribution < 1.29 is 17.6 Å². The third-order valence-corrected chi connectivity index (χ3v) is 4.91. The summed E-state index contributed by atoms with van der Waals surface area (Å²) in [6, 6.07) is 19.0. The van der Waals surface area contributed by atoms with Crippen LogP contribution in [0.1, 0.15) is 10.6 Å². The van der Waals surface area contributed by atoms with E-state index in [0.717, 1.165) is 4.31 Å². The average Bonchev–Trinajstić information content (AvgIpc) is 3.11. The van der Waals surface area contributed by atoms with Gasteiger partial charge in [-0.05, 0) is 36.4 Å². The molecule has 0 atom stereocenters. The molecule has 1 heterocycles. The molecule has 3 aromatic rings. The van der Waals surface area contributed by atoms with E-state index in [9.17, 15) is 13.2 Å². The Bertz CT molecular complexity index is 888. The second-order valence-electron chi connectivity index (χ2n) is 4.70. The molecule has 1 amide bonds. The topological polar surface area (TPSA) is 67.6 Å². The number of nitrogens with zero attached hydrogens (tertiary/aromatic N) is 1. The van der Waals surface area contributed by atoms with Crippen LogP contribution in [0.25, 0.3) is 0 Å². The van der Waals surface area contributed by atoms with E-state index in [2.05, 4.69) is 0 Å². The second-order valence-corrected chi connectivity index (χ2v) is 6.49. The molecule has 0 saturated carbocycles. The van der Waals surface area contributed by atoms with Gasteiger partial charge in [-0.2, -0.15) is 4.31 Å². The summed E-state index contributed by atoms with van der Waals surface area (Å²) < 4.78 is 31.7. The van der Waals surface area contributed by atoms with Crippen LogP contribution in [-0.2, 0) is 10.0 Å². The highest BCUT2D eigenvalue weighted by atomic mass is 32.2. The third kappa shape index (κ3) is 2.89. The molecule has 116 valence electrons. The van der Waals surface area contributed by atoms with Crippen LogP contribution >= 0.6 is 0 Å². The first-order chi connectivity index (χ1) is 11.1. The molecule has 0 bridgehead atoms. The zero-order valence-corrected chi connectivity index (χ0v) is 12.8. The van der Waals surface area contributed by atoms with Crippen LogP contribution in [0.2, 0.25) is 0 Å². The fraction of sp³-hybridized carbons (Fsp3) is 0. The van der Waals surface area contributed by atoms with Gasteiger partial charge in [0.05, 0.1) is 16.8 Å². The number of furan rings is 1. The highest BCUT2D eigenvalue weighted by molar-refractivity contribution is 7.93. The predicted octanol–water partition coefficient (Wildman–Crippen LogP) is 3.32. The smallest absolute Gasteiger partial charge is 0.307 e. The molecule has 1 aromatic heterocycles. The number of hydrogen-bond acceptors (Lipinski definition) is 4. The monoisotopic (exact) mass is 327 g/mol. The molecule has 0 spiro atoms. The number of anilines is 1. The summed E-state index contributed by atoms with van der Waals surface area (Å²) in [5, 5.41) is 0. The van der Waals surface area contributed by atoms with Gasteiger partial charge in [0.25, 0.3) is 10.0 Å². The zero-order valence-electron chi connectivity index (χ0n) is 12.0. The Morgan fingerprint density at radius 2 is 1.43 bits per heavy atom. The molecule has 0 radical (unpaired) electrons. The second kappa shape index (κ2) is 6.10. The molecule has 0 saturated heterocycles. The van der Waals surface area contributed by atoms with Crippen LogP contribution in [-0.4, -0.2) is 14.3 Å². The normalized spacial score (nSPS) is 11.1. The quantitative estimate of drug-likeness (QED) is 0.737. The van der Waals surface area contributed by atoms with Gasteiger partial charge in [-0.25, -0.2) is 8.42 Å². The Morgan fingerprint density at radius 3 is 2.00 bits per heavy atom. The summed E-state index contributed by atoms with van der Waals surface area (Å²) in [5.41, 5.74) is 0.248. The van der Waals surface area contributed by atoms with Gasteiger partial charge in [0.2, 0.25) is 0 Å². The van der Waals surface area contributed by atoms with E-state index in [0.29, 0.717) is 0 Å². The minimum Gasteiger partial charge on any atom is -0.459 e. The van der Waals surface area contributed by atoms with Crippen molar-refractivity contribution in [3.8, 4) is 0 Å². The van der Waals surface area contributed by atoms with E-state index in [1.165, 1.54) is 30.5 Å². The Morgan fingerprint density at radius 1 is 0.826 bits per heavy atom. The summed E-state index contributed by atoms with van der Waals surface area (Å²) in [5.74, 6) is -0.793. The number of benzene rings is 2. The van der Waals surface area contributed by atoms with Gasteiger partial charge in [0.15, 0.2) is 5.76 Å². The van der Waals surface area contributed by atoms with Crippen LogP contribution in [0.3, 0.4) is 0 Å². The fourth-order valence-electron chi connectivity index (χ4n) is 2.13. The van der Waals surface area contributed by atoms with Gasteiger partial charge in [0.1, 0.15) is 0 Å². The molecule has 0 N–H and O–H groups in total. The number of para-hydroxylation sites is 1. The first kappa shape index (κ1) is 15.1. The van der Waals surface area contributed by atoms with Crippen LogP contribution in [0.15, 0.2) is 88.4 Å². The molecule has 0 aliphatic heterocycles. The lowest BCUT2D eigenvalue weighted by molar-refractivity contribution is 0.0979. The standard InChI is InChI=1S/C17H13NO4S/c19-17(16-12-7-13-22-16)18(14-8-3-1-4-9-14)23(20,21)15-10-5-2-6-11-15/h1-13H. The van der Waals surface area contributed by atoms with Crippen molar-refractivity contribution in [2.45, 2.75) is 4.90 Å². The van der Waals surface area contributed by atoms with E-state index in [1.54, 1.807) is 48.5 Å². The van der Waals surface area contributed by atoms with Crippen LogP contribution in [0, 0.1) is 0 Å². The van der Waals surface area contributed by atoms with E-state index in [4.69, 9.17) is 4.42 Å². The number of sulfonamides is 1. The van der Waals surface area contributed by atoms with Crippen molar-refractivity contribution in [3.63, 3.8) is 0 Å². The van der Waals surface area contributed by atoms with Crippen molar-refractivity contribution in [3.05, 3.63) is 84.8 Å². The Hall–Kier alpha value is -2.86. The molecule has 0 aliphatic carbocycles. The summed E-state index contributed by atoms with van der Waals surface area (Å²) in [7, 11) is -4.06. The minimum atomic E-state index is -4.06. The fourth-order valence-corrected chi connectivity index (χ4v) is 3.55. The lowest BCUT2D eigenvalue weighted by atomic mass is 10.3. The first-order valence-electron chi connectivity index (χ1n) is 6.84. The molecule has 0 fully saturated rings. The van der Waals surface area contributed by atoms with Crippen molar-refractivity contribution in [1.29, 1.82) is 0 Å². The molecule has 5 nitrogen and oxygen atoms in total. The van der Waals surface area contributed by atoms with Gasteiger partial charge in [0, 0.05) is 0 Å². The minimum absolute atomic E-state index is 0.0313. The number of carbonyl (C=O) groups is 1. The van der Waals surface area contributed by atoms with Gasteiger partial charge in [-0.15, -0.1) is 0 Å². The van der Waals surface area contributed by atoms with Gasteiger partial charge in [-0.3, -0.25) is 4.79 Å². The van der Waals surface area contributed by atoms with Crippen molar-refractivity contribution in [1.82, 2.24) is 0 Å². The summed E-state index contributed by atoms with van der Waals surface area (Å²) in [6.07, 6.45) is 1.32. The lowest BCUT2D eigenvalue weighted by Crippen LogP contribution is -2.36. The molecule has 2 aromatic carbocycles. The molecular weight excluding hydrogens is 314 g/mol. The molecule has 3 rings (SSSR count). The third-order valence-electron chi connectivity index (χ3n) is 3.19. The van der Waals surface area contributed by atoms with E-state index in [1.807, 2.05) is 0 Å². The van der Waals surface area contributed by atoms with Gasteiger partial charge < -0.3 is 4.42 Å². The number of hydrogen-bond donors (Lipinski definition) is 0. The first-order valence-corrected chi connectivity index (χ1v) is 8.28. The Balaban J connectivity index is 2.15. The van der Waals surface area contributed by atoms with E-state index < -0.39 is 15.9 Å². The van der Waals surface area contributed by atoms with Gasteiger partial charge in [-0.1, -0.05) is 36.4 Å². The largest absolute Gasteiger partial charge is 0.459 e. The SMILES string of the molecule is O=C(c1ccco1)N(c1ccccc1)S(=O)(=O)c1ccccc1. The molecule has 23 heavy (non-hydrogen) atoms. The van der Waals surface area contributed by atoms with E-state index >= 15 is 0 Å². The summed E-state index contributed by atoms with van der Waals surface area (Å²) in [4.78, 5) is 12.7. The number of carbonyl (C=O) groups excluding carboxylic acids is 1. The molecule has 0 aliphatic rings. The average molecular weight is 327 g/mol. The van der Waals surface area contributed by atoms with Crippen LogP contribution in [0.4, 0.5) is 5.69 Å². The molecular formula is C17H13NO4S. The van der Waals surface area contributed by atoms with E-state index in [-0.39, 0.29) is 16.3 Å². The molecule has 0 unspecified atom stereocenters. The maximum absolute atomic E-state index is 12.9. The summed E-state index contributed by atoms with van der Waals surface area (Å²) in [6.45, 7) is 0. The van der Waals surface area contributed by atoms with Crippen molar-refractivity contribution >= 4 is 21.6 Å². The maximum atomic E-state index is 12.9. The summed E-state index contributed by atoms with van der Waals surface area (Å²) >= 11 is 0. The number of rotatable bonds is 4. The van der Waals surface area contributed by atoms with Crippen LogP contribution in [0.5, 0.6) is 0 Å². The lowest BCUT2D eigenvalue weighted by Gasteiger charge is -2.21. The van der Waals surface area contributed by atoms with Gasteiger partial charge >= 0.3 is 5.91 Å². The Kier molecular flexibility index (Phi) is 3.99. The Labute approximate surface area is 133 Å². The molecule has 6 heteroatoms. The van der Waals surface area contributed by atoms with Crippen molar-refractivity contribution in [2.75, 3.05) is 4.31 Å².